The third kappa shape index (κ3) is 8.82. The summed E-state index contributed by atoms with van der Waals surface area (Å²) in [6.45, 7) is 9.43. The second-order valence-electron chi connectivity index (χ2n) is 10.7. The zero-order valence-electron chi connectivity index (χ0n) is 25.7. The number of rotatable bonds is 5. The molecule has 0 saturated carbocycles. The molecule has 2 rings (SSSR count). The molecule has 0 fully saturated rings. The Morgan fingerprint density at radius 1 is 1.15 bits per heavy atom. The van der Waals surface area contributed by atoms with Gasteiger partial charge in [0.05, 0.1) is 25.0 Å². The smallest absolute Gasteiger partial charge is 0.405 e. The number of amides is 2. The molecule has 10 heteroatoms. The van der Waals surface area contributed by atoms with Gasteiger partial charge in [0.15, 0.2) is 6.10 Å². The van der Waals surface area contributed by atoms with Crippen LogP contribution in [0, 0.1) is 18.8 Å². The first-order valence-electron chi connectivity index (χ1n) is 13.8. The maximum atomic E-state index is 13.2. The third-order valence-corrected chi connectivity index (χ3v) is 7.59. The second-order valence-corrected chi connectivity index (χ2v) is 10.7. The van der Waals surface area contributed by atoms with Gasteiger partial charge in [0.2, 0.25) is 0 Å². The molecule has 41 heavy (non-hydrogen) atoms. The van der Waals surface area contributed by atoms with Gasteiger partial charge in [-0.2, -0.15) is 0 Å². The van der Waals surface area contributed by atoms with E-state index in [2.05, 4.69) is 17.6 Å². The van der Waals surface area contributed by atoms with Crippen LogP contribution < -0.4 is 21.1 Å². The van der Waals surface area contributed by atoms with Crippen molar-refractivity contribution in [3.05, 3.63) is 52.6 Å². The number of aliphatic hydroxyl groups is 1. The minimum absolute atomic E-state index is 0.0897. The molecule has 0 aromatic heterocycles. The predicted molar refractivity (Wildman–Crippen MR) is 161 cm³/mol. The zero-order valence-corrected chi connectivity index (χ0v) is 25.7. The number of nitrogens with one attached hydrogen (secondary N) is 2. The van der Waals surface area contributed by atoms with E-state index in [0.717, 1.165) is 16.8 Å². The van der Waals surface area contributed by atoms with Gasteiger partial charge >= 0.3 is 6.09 Å². The van der Waals surface area contributed by atoms with Crippen LogP contribution in [0.2, 0.25) is 0 Å². The van der Waals surface area contributed by atoms with Gasteiger partial charge in [0.25, 0.3) is 5.91 Å². The lowest BCUT2D eigenvalue weighted by atomic mass is 9.87. The van der Waals surface area contributed by atoms with Crippen molar-refractivity contribution in [2.24, 2.45) is 17.6 Å². The van der Waals surface area contributed by atoms with Crippen molar-refractivity contribution >= 4 is 23.4 Å². The SMILES string of the molecule is CNc1cc2c(C)c(c1OC)C[C@@H](C)C[C@H](OC)[C@H](O)[C@@H](C)/C=C(\C)[C@H](OC(N)=O)[C@@H](OC)/C=C\C=C(/C)C(=O)N2. The van der Waals surface area contributed by atoms with Crippen molar-refractivity contribution in [2.45, 2.75) is 71.9 Å². The topological polar surface area (TPSA) is 141 Å². The van der Waals surface area contributed by atoms with Gasteiger partial charge in [-0.25, -0.2) is 4.79 Å². The van der Waals surface area contributed by atoms with E-state index in [0.29, 0.717) is 35.4 Å². The first kappa shape index (κ1) is 33.9. The molecular weight excluding hydrogens is 526 g/mol. The minimum atomic E-state index is -0.951. The summed E-state index contributed by atoms with van der Waals surface area (Å²) in [5, 5.41) is 17.5. The van der Waals surface area contributed by atoms with Crippen LogP contribution in [0.3, 0.4) is 0 Å². The van der Waals surface area contributed by atoms with Gasteiger partial charge in [-0.1, -0.05) is 38.2 Å². The molecule has 2 bridgehead atoms. The van der Waals surface area contributed by atoms with E-state index < -0.39 is 30.5 Å². The molecule has 0 radical (unpaired) electrons. The zero-order chi connectivity index (χ0) is 30.9. The largest absolute Gasteiger partial charge is 0.494 e. The van der Waals surface area contributed by atoms with E-state index in [9.17, 15) is 14.7 Å². The Balaban J connectivity index is 2.68. The molecule has 1 heterocycles. The summed E-state index contributed by atoms with van der Waals surface area (Å²) < 4.78 is 22.6. The Labute approximate surface area is 243 Å². The summed E-state index contributed by atoms with van der Waals surface area (Å²) >= 11 is 0. The first-order valence-corrected chi connectivity index (χ1v) is 13.8. The number of hydrogen-bond donors (Lipinski definition) is 4. The molecule has 1 aliphatic rings. The Hall–Kier alpha value is -3.34. The molecule has 0 unspecified atom stereocenters. The fourth-order valence-electron chi connectivity index (χ4n) is 5.21. The maximum Gasteiger partial charge on any atom is 0.405 e. The van der Waals surface area contributed by atoms with Crippen LogP contribution in [0.4, 0.5) is 16.2 Å². The van der Waals surface area contributed by atoms with Crippen molar-refractivity contribution < 1.29 is 33.6 Å². The number of hydrogen-bond acceptors (Lipinski definition) is 8. The average Bonchev–Trinajstić information content (AvgIpc) is 2.93. The summed E-state index contributed by atoms with van der Waals surface area (Å²) in [6.07, 6.45) is 4.26. The highest BCUT2D eigenvalue weighted by Crippen LogP contribution is 2.38. The van der Waals surface area contributed by atoms with Crippen molar-refractivity contribution in [3.63, 3.8) is 0 Å². The van der Waals surface area contributed by atoms with E-state index in [1.54, 1.807) is 53.3 Å². The van der Waals surface area contributed by atoms with E-state index >= 15 is 0 Å². The number of allylic oxidation sites excluding steroid dienone is 2. The molecule has 0 aliphatic carbocycles. The van der Waals surface area contributed by atoms with Gasteiger partial charge < -0.3 is 40.4 Å². The van der Waals surface area contributed by atoms with E-state index in [1.807, 2.05) is 26.0 Å². The van der Waals surface area contributed by atoms with Gasteiger partial charge in [0, 0.05) is 44.0 Å². The van der Waals surface area contributed by atoms with Gasteiger partial charge in [-0.15, -0.1) is 0 Å². The number of aliphatic hydroxyl groups excluding tert-OH is 1. The molecule has 1 aromatic carbocycles. The van der Waals surface area contributed by atoms with Crippen LogP contribution in [0.1, 0.15) is 45.2 Å². The number of fused-ring (bicyclic) bond motifs is 2. The number of methoxy groups -OCH3 is 3. The van der Waals surface area contributed by atoms with Gasteiger partial charge in [-0.3, -0.25) is 4.79 Å². The lowest BCUT2D eigenvalue weighted by molar-refractivity contribution is -0.112. The molecule has 1 aliphatic heterocycles. The Morgan fingerprint density at radius 2 is 1.83 bits per heavy atom. The highest BCUT2D eigenvalue weighted by molar-refractivity contribution is 6.04. The van der Waals surface area contributed by atoms with Gasteiger partial charge in [-0.05, 0) is 56.7 Å². The van der Waals surface area contributed by atoms with E-state index in [-0.39, 0.29) is 17.7 Å². The summed E-state index contributed by atoms with van der Waals surface area (Å²) in [5.74, 6) is 0.192. The monoisotopic (exact) mass is 573 g/mol. The van der Waals surface area contributed by atoms with Crippen LogP contribution in [-0.4, -0.2) is 69.9 Å². The van der Waals surface area contributed by atoms with Crippen molar-refractivity contribution in [1.29, 1.82) is 0 Å². The second kappa shape index (κ2) is 15.6. The summed E-state index contributed by atoms with van der Waals surface area (Å²) in [6, 6.07) is 1.86. The van der Waals surface area contributed by atoms with Gasteiger partial charge in [0.1, 0.15) is 11.9 Å². The van der Waals surface area contributed by atoms with Crippen molar-refractivity contribution in [1.82, 2.24) is 0 Å². The summed E-state index contributed by atoms with van der Waals surface area (Å²) in [5.41, 5.74) is 9.77. The molecule has 1 aromatic rings. The van der Waals surface area contributed by atoms with Crippen molar-refractivity contribution in [3.8, 4) is 5.75 Å². The van der Waals surface area contributed by atoms with Crippen LogP contribution in [-0.2, 0) is 25.4 Å². The molecule has 10 nitrogen and oxygen atoms in total. The number of benzene rings is 1. The standard InChI is InChI=1S/C31H47N3O7/c1-17-13-22-21(5)23(16-24(33-6)29(22)40-9)34-30(36)18(2)11-10-12-25(38-7)28(41-31(32)37)20(4)15-19(3)27(35)26(14-17)39-8/h10-12,15-17,19,25-28,33,35H,13-14H2,1-9H3,(H2,32,37)(H,34,36)/b12-10-,18-11+,20-15+/t17-,19+,25+,26+,27-,28+/m1/s1. The van der Waals surface area contributed by atoms with E-state index in [4.69, 9.17) is 24.7 Å². The summed E-state index contributed by atoms with van der Waals surface area (Å²) in [7, 11) is 6.51. The molecule has 6 atom stereocenters. The predicted octanol–water partition coefficient (Wildman–Crippen LogP) is 4.51. The third-order valence-electron chi connectivity index (χ3n) is 7.59. The molecule has 0 spiro atoms. The van der Waals surface area contributed by atoms with Crippen LogP contribution in [0.5, 0.6) is 5.75 Å². The molecule has 0 saturated heterocycles. The van der Waals surface area contributed by atoms with Crippen LogP contribution in [0.15, 0.2) is 41.5 Å². The first-order chi connectivity index (χ1) is 19.4. The van der Waals surface area contributed by atoms with Crippen LogP contribution in [0.25, 0.3) is 0 Å². The van der Waals surface area contributed by atoms with Crippen LogP contribution >= 0.6 is 0 Å². The summed E-state index contributed by atoms with van der Waals surface area (Å²) in [4.78, 5) is 24.9. The Kier molecular flexibility index (Phi) is 12.9. The highest BCUT2D eigenvalue weighted by atomic mass is 16.6. The fraction of sp³-hybridized carbons (Fsp3) is 0.548. The maximum absolute atomic E-state index is 13.2. The number of nitrogens with two attached hydrogens (primary N) is 1. The molecule has 228 valence electrons. The Bertz CT molecular complexity index is 1160. The number of carbonyl (C=O) groups is 2. The highest BCUT2D eigenvalue weighted by Gasteiger charge is 2.30. The lowest BCUT2D eigenvalue weighted by Crippen LogP contribution is -2.37. The number of anilines is 2. The molecular formula is C31H47N3O7. The quantitative estimate of drug-likeness (QED) is 0.377. The number of carbonyl (C=O) groups excluding carboxylic acids is 2. The number of primary amides is 1. The minimum Gasteiger partial charge on any atom is -0.494 e. The average molecular weight is 574 g/mol. The Morgan fingerprint density at radius 3 is 2.39 bits per heavy atom. The normalized spacial score (nSPS) is 29.8. The molecule has 5 N–H and O–H groups in total. The molecule has 2 amide bonds. The lowest BCUT2D eigenvalue weighted by Gasteiger charge is -2.30. The van der Waals surface area contributed by atoms with E-state index in [1.165, 1.54) is 7.11 Å². The van der Waals surface area contributed by atoms with Crippen molar-refractivity contribution in [2.75, 3.05) is 39.0 Å². The number of ether oxygens (including phenoxy) is 4. The fourth-order valence-corrected chi connectivity index (χ4v) is 5.21.